The number of benzene rings is 2. The molecule has 3 amide bonds. The fourth-order valence-corrected chi connectivity index (χ4v) is 4.83. The summed E-state index contributed by atoms with van der Waals surface area (Å²) in [6.07, 6.45) is 1.14. The Morgan fingerprint density at radius 1 is 0.950 bits per heavy atom. The van der Waals surface area contributed by atoms with Gasteiger partial charge in [0.1, 0.15) is 17.7 Å². The van der Waals surface area contributed by atoms with E-state index in [2.05, 4.69) is 20.9 Å². The summed E-state index contributed by atoms with van der Waals surface area (Å²) >= 11 is 2.49. The van der Waals surface area contributed by atoms with E-state index < -0.39 is 47.5 Å². The lowest BCUT2D eigenvalue weighted by Crippen LogP contribution is -2.51. The molecule has 0 fully saturated rings. The van der Waals surface area contributed by atoms with E-state index in [1.54, 1.807) is 39.8 Å². The molecular weight excluding hydrogens is 552 g/mol. The average Bonchev–Trinajstić information content (AvgIpc) is 3.38. The minimum Gasteiger partial charge on any atom is -0.476 e. The summed E-state index contributed by atoms with van der Waals surface area (Å²) in [5.41, 5.74) is 0.293. The van der Waals surface area contributed by atoms with E-state index in [1.807, 2.05) is 48.7 Å². The zero-order valence-corrected chi connectivity index (χ0v) is 24.4. The number of hydrogen-bond acceptors (Lipinski definition) is 8. The Bertz CT molecular complexity index is 1340. The molecule has 0 spiro atoms. The maximum atomic E-state index is 13.7. The number of anilines is 1. The van der Waals surface area contributed by atoms with Crippen LogP contribution in [0.5, 0.6) is 0 Å². The number of rotatable bonds is 10. The summed E-state index contributed by atoms with van der Waals surface area (Å²) in [5.74, 6) is -2.94. The molecule has 3 rings (SSSR count). The third-order valence-electron chi connectivity index (χ3n) is 5.73. The number of nitrogens with zero attached hydrogens (tertiary/aromatic N) is 1. The highest BCUT2D eigenvalue weighted by atomic mass is 32.2. The second kappa shape index (κ2) is 13.4. The van der Waals surface area contributed by atoms with Crippen LogP contribution in [0.2, 0.25) is 0 Å². The zero-order valence-electron chi connectivity index (χ0n) is 22.8. The second-order valence-corrected chi connectivity index (χ2v) is 11.6. The van der Waals surface area contributed by atoms with Gasteiger partial charge in [-0.3, -0.25) is 9.59 Å². The lowest BCUT2D eigenvalue weighted by molar-refractivity contribution is -0.128. The van der Waals surface area contributed by atoms with Crippen molar-refractivity contribution in [1.82, 2.24) is 15.6 Å². The Morgan fingerprint density at radius 2 is 1.60 bits per heavy atom. The van der Waals surface area contributed by atoms with Crippen molar-refractivity contribution >= 4 is 52.1 Å². The van der Waals surface area contributed by atoms with E-state index >= 15 is 0 Å². The fraction of sp³-hybridized carbons (Fsp3) is 0.321. The van der Waals surface area contributed by atoms with Crippen molar-refractivity contribution in [3.8, 4) is 0 Å². The van der Waals surface area contributed by atoms with Gasteiger partial charge in [0.15, 0.2) is 10.8 Å². The first-order valence-corrected chi connectivity index (χ1v) is 14.5. The van der Waals surface area contributed by atoms with Crippen LogP contribution in [0.3, 0.4) is 0 Å². The molecule has 0 radical (unpaired) electrons. The number of aromatic nitrogens is 1. The predicted molar refractivity (Wildman–Crippen MR) is 155 cm³/mol. The fourth-order valence-electron chi connectivity index (χ4n) is 3.74. The monoisotopic (exact) mass is 584 g/mol. The molecule has 1 heterocycles. The Balaban J connectivity index is 1.92. The molecule has 12 heteroatoms. The van der Waals surface area contributed by atoms with E-state index in [4.69, 9.17) is 4.74 Å². The highest BCUT2D eigenvalue weighted by Gasteiger charge is 2.33. The molecule has 0 aliphatic carbocycles. The molecule has 10 nitrogen and oxygen atoms in total. The zero-order chi connectivity index (χ0) is 29.4. The third kappa shape index (κ3) is 8.55. The summed E-state index contributed by atoms with van der Waals surface area (Å²) in [4.78, 5) is 56.0. The summed E-state index contributed by atoms with van der Waals surface area (Å²) in [7, 11) is 0. The van der Waals surface area contributed by atoms with Gasteiger partial charge in [-0.2, -0.15) is 0 Å². The quantitative estimate of drug-likeness (QED) is 0.242. The molecule has 4 N–H and O–H groups in total. The van der Waals surface area contributed by atoms with Crippen LogP contribution in [0.25, 0.3) is 0 Å². The number of aromatic carboxylic acids is 1. The number of hydrogen-bond donors (Lipinski definition) is 4. The topological polar surface area (TPSA) is 147 Å². The van der Waals surface area contributed by atoms with Gasteiger partial charge in [-0.25, -0.2) is 14.6 Å². The van der Waals surface area contributed by atoms with E-state index in [0.29, 0.717) is 5.56 Å². The van der Waals surface area contributed by atoms with Gasteiger partial charge in [-0.15, -0.1) is 23.1 Å². The number of amides is 3. The second-order valence-electron chi connectivity index (χ2n) is 9.87. The van der Waals surface area contributed by atoms with Gasteiger partial charge in [0.25, 0.3) is 0 Å². The normalized spacial score (nSPS) is 13.4. The standard InChI is InChI=1S/C28H32N4O6S2/c1-16(17-9-7-6-8-10-17)21(23(33)32-26-29-20(15-40-26)25(35)36)30-24(34)22(31-27(37)38-28(2,3)4)18-11-13-19(39-5)14-12-18/h6-16,21-22H,1-5H3,(H,30,34)(H,31,37)(H,35,36)(H,29,32,33)/t16-,21-,22?/m0/s1. The van der Waals surface area contributed by atoms with Gasteiger partial charge in [-0.1, -0.05) is 49.4 Å². The molecule has 0 saturated carbocycles. The lowest BCUT2D eigenvalue weighted by Gasteiger charge is -2.28. The highest BCUT2D eigenvalue weighted by Crippen LogP contribution is 2.24. The summed E-state index contributed by atoms with van der Waals surface area (Å²) in [6, 6.07) is 14.0. The highest BCUT2D eigenvalue weighted by molar-refractivity contribution is 7.98. The van der Waals surface area contributed by atoms with Crippen LogP contribution in [0.15, 0.2) is 64.9 Å². The number of thiazole rings is 1. The third-order valence-corrected chi connectivity index (χ3v) is 7.23. The van der Waals surface area contributed by atoms with Gasteiger partial charge in [-0.05, 0) is 50.3 Å². The van der Waals surface area contributed by atoms with Crippen LogP contribution >= 0.6 is 23.1 Å². The van der Waals surface area contributed by atoms with Crippen LogP contribution in [0.1, 0.15) is 61.3 Å². The van der Waals surface area contributed by atoms with Crippen LogP contribution in [0.4, 0.5) is 9.93 Å². The molecule has 1 aromatic heterocycles. The number of carbonyl (C=O) groups is 4. The first-order valence-electron chi connectivity index (χ1n) is 12.4. The molecule has 0 aliphatic rings. The maximum Gasteiger partial charge on any atom is 0.408 e. The van der Waals surface area contributed by atoms with Gasteiger partial charge in [0.05, 0.1) is 0 Å². The molecule has 3 atom stereocenters. The molecular formula is C28H32N4O6S2. The lowest BCUT2D eigenvalue weighted by atomic mass is 9.92. The van der Waals surface area contributed by atoms with E-state index in [9.17, 15) is 24.3 Å². The number of nitrogens with one attached hydrogen (secondary N) is 3. The largest absolute Gasteiger partial charge is 0.476 e. The van der Waals surface area contributed by atoms with Gasteiger partial charge in [0, 0.05) is 16.2 Å². The van der Waals surface area contributed by atoms with Crippen LogP contribution in [0, 0.1) is 0 Å². The first-order chi connectivity index (χ1) is 18.9. The molecule has 212 valence electrons. The van der Waals surface area contributed by atoms with E-state index in [-0.39, 0.29) is 10.8 Å². The number of alkyl carbamates (subject to hydrolysis) is 1. The predicted octanol–water partition coefficient (Wildman–Crippen LogP) is 5.06. The molecule has 0 saturated heterocycles. The van der Waals surface area contributed by atoms with Crippen molar-refractivity contribution in [2.24, 2.45) is 0 Å². The van der Waals surface area contributed by atoms with Crippen molar-refractivity contribution in [3.05, 3.63) is 76.8 Å². The Labute approximate surface area is 240 Å². The summed E-state index contributed by atoms with van der Waals surface area (Å²) in [6.45, 7) is 6.93. The SMILES string of the molecule is CSc1ccc(C(NC(=O)OC(C)(C)C)C(=O)N[C@H](C(=O)Nc2nc(C(=O)O)cs2)[C@@H](C)c2ccccc2)cc1. The van der Waals surface area contributed by atoms with E-state index in [1.165, 1.54) is 17.1 Å². The minimum absolute atomic E-state index is 0.0815. The minimum atomic E-state index is -1.22. The Hall–Kier alpha value is -3.90. The molecule has 1 unspecified atom stereocenters. The number of carboxylic acid groups (broad SMARTS) is 1. The van der Waals surface area contributed by atoms with Gasteiger partial charge in [0.2, 0.25) is 11.8 Å². The van der Waals surface area contributed by atoms with Gasteiger partial charge >= 0.3 is 12.1 Å². The number of ether oxygens (including phenoxy) is 1. The maximum absolute atomic E-state index is 13.7. The van der Waals surface area contributed by atoms with Crippen molar-refractivity contribution in [2.75, 3.05) is 11.6 Å². The van der Waals surface area contributed by atoms with Crippen LogP contribution in [-0.4, -0.2) is 51.9 Å². The van der Waals surface area contributed by atoms with Crippen LogP contribution in [-0.2, 0) is 14.3 Å². The smallest absolute Gasteiger partial charge is 0.408 e. The Morgan fingerprint density at radius 3 is 2.15 bits per heavy atom. The van der Waals surface area contributed by atoms with Gasteiger partial charge < -0.3 is 25.8 Å². The number of carboxylic acids is 1. The molecule has 40 heavy (non-hydrogen) atoms. The molecule has 0 aliphatic heterocycles. The van der Waals surface area contributed by atoms with E-state index in [0.717, 1.165) is 21.8 Å². The summed E-state index contributed by atoms with van der Waals surface area (Å²) in [5, 5.41) is 18.6. The van der Waals surface area contributed by atoms with Crippen molar-refractivity contribution in [1.29, 1.82) is 0 Å². The Kier molecular flexibility index (Phi) is 10.3. The average molecular weight is 585 g/mol. The van der Waals surface area contributed by atoms with Crippen molar-refractivity contribution in [3.63, 3.8) is 0 Å². The summed E-state index contributed by atoms with van der Waals surface area (Å²) < 4.78 is 5.39. The van der Waals surface area contributed by atoms with Crippen molar-refractivity contribution < 1.29 is 29.0 Å². The van der Waals surface area contributed by atoms with Crippen molar-refractivity contribution in [2.45, 2.75) is 56.2 Å². The molecule has 0 bridgehead atoms. The molecule has 3 aromatic rings. The van der Waals surface area contributed by atoms with Crippen LogP contribution < -0.4 is 16.0 Å². The molecule has 2 aromatic carbocycles. The first kappa shape index (κ1) is 30.6. The number of thioether (sulfide) groups is 1. The number of carbonyl (C=O) groups excluding carboxylic acids is 3.